The number of carbonyl (C=O) groups is 1. The summed E-state index contributed by atoms with van der Waals surface area (Å²) in [6.45, 7) is 6.27. The normalized spacial score (nSPS) is 31.0. The number of hydrogen-bond acceptors (Lipinski definition) is 1. The molecule has 2 heteroatoms. The Morgan fingerprint density at radius 3 is 2.33 bits per heavy atom. The van der Waals surface area contributed by atoms with E-state index in [0.29, 0.717) is 12.3 Å². The summed E-state index contributed by atoms with van der Waals surface area (Å²) in [6, 6.07) is 0. The van der Waals surface area contributed by atoms with Crippen molar-refractivity contribution in [2.45, 2.75) is 52.9 Å². The highest BCUT2D eigenvalue weighted by molar-refractivity contribution is 5.75. The van der Waals surface area contributed by atoms with Crippen LogP contribution in [0.4, 0.5) is 0 Å². The Hall–Kier alpha value is -0.790. The number of carboxylic acids is 1. The van der Waals surface area contributed by atoms with Crippen LogP contribution in [-0.4, -0.2) is 11.1 Å². The summed E-state index contributed by atoms with van der Waals surface area (Å²) < 4.78 is 0. The standard InChI is InChI=1S/C13H22O2/c1-10(2)4-7-13(12(14)15)8-5-11(3)6-9-13/h4,11H,5-9H2,1-3H3,(H,14,15). The molecule has 0 spiro atoms. The van der Waals surface area contributed by atoms with Crippen LogP contribution in [0.25, 0.3) is 0 Å². The first-order valence-corrected chi connectivity index (χ1v) is 5.83. The lowest BCUT2D eigenvalue weighted by molar-refractivity contribution is -0.151. The summed E-state index contributed by atoms with van der Waals surface area (Å²) in [5.74, 6) is 0.0936. The van der Waals surface area contributed by atoms with E-state index in [1.165, 1.54) is 5.57 Å². The van der Waals surface area contributed by atoms with Gasteiger partial charge in [0.15, 0.2) is 0 Å². The molecule has 1 rings (SSSR count). The van der Waals surface area contributed by atoms with E-state index >= 15 is 0 Å². The Kier molecular flexibility index (Phi) is 3.95. The fourth-order valence-corrected chi connectivity index (χ4v) is 2.22. The molecule has 0 aliphatic heterocycles. The molecule has 0 heterocycles. The van der Waals surface area contributed by atoms with E-state index in [1.54, 1.807) is 0 Å². The van der Waals surface area contributed by atoms with Crippen LogP contribution in [0.5, 0.6) is 0 Å². The molecular formula is C13H22O2. The van der Waals surface area contributed by atoms with E-state index in [0.717, 1.165) is 25.7 Å². The predicted octanol–water partition coefficient (Wildman–Crippen LogP) is 3.62. The Morgan fingerprint density at radius 1 is 1.40 bits per heavy atom. The first kappa shape index (κ1) is 12.3. The molecule has 0 atom stereocenters. The third-order valence-corrected chi connectivity index (χ3v) is 3.59. The van der Waals surface area contributed by atoms with Gasteiger partial charge in [0.05, 0.1) is 5.41 Å². The van der Waals surface area contributed by atoms with Gasteiger partial charge in [-0.05, 0) is 51.9 Å². The fourth-order valence-electron chi connectivity index (χ4n) is 2.22. The Morgan fingerprint density at radius 2 is 1.93 bits per heavy atom. The zero-order valence-corrected chi connectivity index (χ0v) is 10.0. The zero-order valence-electron chi connectivity index (χ0n) is 10.0. The zero-order chi connectivity index (χ0) is 11.5. The molecule has 1 N–H and O–H groups in total. The Balaban J connectivity index is 2.72. The highest BCUT2D eigenvalue weighted by atomic mass is 16.4. The lowest BCUT2D eigenvalue weighted by Crippen LogP contribution is -2.34. The van der Waals surface area contributed by atoms with Gasteiger partial charge in [0.1, 0.15) is 0 Å². The van der Waals surface area contributed by atoms with Crippen LogP contribution in [0.15, 0.2) is 11.6 Å². The summed E-state index contributed by atoms with van der Waals surface area (Å²) in [6.07, 6.45) is 6.58. The number of allylic oxidation sites excluding steroid dienone is 2. The van der Waals surface area contributed by atoms with Crippen LogP contribution in [0.1, 0.15) is 52.9 Å². The number of carboxylic acid groups (broad SMARTS) is 1. The molecule has 0 aromatic rings. The van der Waals surface area contributed by atoms with Gasteiger partial charge in [-0.3, -0.25) is 4.79 Å². The van der Waals surface area contributed by atoms with Crippen LogP contribution in [0.3, 0.4) is 0 Å². The highest BCUT2D eigenvalue weighted by Gasteiger charge is 2.39. The van der Waals surface area contributed by atoms with Gasteiger partial charge in [0.25, 0.3) is 0 Å². The van der Waals surface area contributed by atoms with Gasteiger partial charge >= 0.3 is 5.97 Å². The Bertz CT molecular complexity index is 254. The monoisotopic (exact) mass is 210 g/mol. The van der Waals surface area contributed by atoms with Crippen molar-refractivity contribution >= 4 is 5.97 Å². The molecule has 0 aromatic heterocycles. The summed E-state index contributed by atoms with van der Waals surface area (Å²) in [5, 5.41) is 9.36. The largest absolute Gasteiger partial charge is 0.481 e. The van der Waals surface area contributed by atoms with Gasteiger partial charge in [0.2, 0.25) is 0 Å². The molecular weight excluding hydrogens is 188 g/mol. The molecule has 15 heavy (non-hydrogen) atoms. The smallest absolute Gasteiger partial charge is 0.309 e. The van der Waals surface area contributed by atoms with Crippen LogP contribution < -0.4 is 0 Å². The van der Waals surface area contributed by atoms with E-state index in [-0.39, 0.29) is 0 Å². The third kappa shape index (κ3) is 3.08. The van der Waals surface area contributed by atoms with E-state index in [9.17, 15) is 9.90 Å². The molecule has 1 fully saturated rings. The second kappa shape index (κ2) is 4.82. The van der Waals surface area contributed by atoms with Crippen molar-refractivity contribution in [1.29, 1.82) is 0 Å². The van der Waals surface area contributed by atoms with Crippen molar-refractivity contribution in [3.8, 4) is 0 Å². The van der Waals surface area contributed by atoms with E-state index in [4.69, 9.17) is 0 Å². The maximum Gasteiger partial charge on any atom is 0.309 e. The summed E-state index contributed by atoms with van der Waals surface area (Å²) in [5.41, 5.74) is 0.748. The Labute approximate surface area is 92.4 Å². The number of hydrogen-bond donors (Lipinski definition) is 1. The molecule has 1 aliphatic rings. The van der Waals surface area contributed by atoms with Crippen molar-refractivity contribution in [1.82, 2.24) is 0 Å². The SMILES string of the molecule is CC(C)=CCC1(C(=O)O)CCC(C)CC1. The van der Waals surface area contributed by atoms with Gasteiger partial charge in [-0.25, -0.2) is 0 Å². The van der Waals surface area contributed by atoms with Crippen LogP contribution in [-0.2, 0) is 4.79 Å². The van der Waals surface area contributed by atoms with Gasteiger partial charge in [0, 0.05) is 0 Å². The maximum atomic E-state index is 11.4. The van der Waals surface area contributed by atoms with Crippen LogP contribution in [0.2, 0.25) is 0 Å². The minimum Gasteiger partial charge on any atom is -0.481 e. The average Bonchev–Trinajstić information content (AvgIpc) is 2.17. The predicted molar refractivity (Wildman–Crippen MR) is 61.7 cm³/mol. The maximum absolute atomic E-state index is 11.4. The van der Waals surface area contributed by atoms with Crippen molar-refractivity contribution in [2.75, 3.05) is 0 Å². The molecule has 0 saturated heterocycles. The van der Waals surface area contributed by atoms with Crippen molar-refractivity contribution in [3.63, 3.8) is 0 Å². The molecule has 0 unspecified atom stereocenters. The van der Waals surface area contributed by atoms with Gasteiger partial charge in [-0.15, -0.1) is 0 Å². The van der Waals surface area contributed by atoms with Gasteiger partial charge < -0.3 is 5.11 Å². The summed E-state index contributed by atoms with van der Waals surface area (Å²) in [7, 11) is 0. The quantitative estimate of drug-likeness (QED) is 0.722. The molecule has 0 amide bonds. The van der Waals surface area contributed by atoms with Crippen molar-refractivity contribution in [3.05, 3.63) is 11.6 Å². The van der Waals surface area contributed by atoms with Crippen molar-refractivity contribution in [2.24, 2.45) is 11.3 Å². The van der Waals surface area contributed by atoms with E-state index < -0.39 is 11.4 Å². The number of aliphatic carboxylic acids is 1. The van der Waals surface area contributed by atoms with Crippen molar-refractivity contribution < 1.29 is 9.90 Å². The van der Waals surface area contributed by atoms with Crippen LogP contribution in [0, 0.1) is 11.3 Å². The molecule has 1 saturated carbocycles. The number of rotatable bonds is 3. The molecule has 0 aromatic carbocycles. The summed E-state index contributed by atoms with van der Waals surface area (Å²) >= 11 is 0. The molecule has 2 nitrogen and oxygen atoms in total. The van der Waals surface area contributed by atoms with E-state index in [1.807, 2.05) is 13.8 Å². The first-order chi connectivity index (χ1) is 6.96. The van der Waals surface area contributed by atoms with Gasteiger partial charge in [-0.2, -0.15) is 0 Å². The molecule has 86 valence electrons. The highest BCUT2D eigenvalue weighted by Crippen LogP contribution is 2.42. The van der Waals surface area contributed by atoms with Crippen LogP contribution >= 0.6 is 0 Å². The van der Waals surface area contributed by atoms with Gasteiger partial charge in [-0.1, -0.05) is 18.6 Å². The molecule has 0 bridgehead atoms. The summed E-state index contributed by atoms with van der Waals surface area (Å²) in [4.78, 5) is 11.4. The minimum absolute atomic E-state index is 0.468. The lowest BCUT2D eigenvalue weighted by atomic mass is 9.69. The lowest BCUT2D eigenvalue weighted by Gasteiger charge is -2.35. The fraction of sp³-hybridized carbons (Fsp3) is 0.769. The minimum atomic E-state index is -0.605. The average molecular weight is 210 g/mol. The van der Waals surface area contributed by atoms with E-state index in [2.05, 4.69) is 13.0 Å². The second-order valence-electron chi connectivity index (χ2n) is 5.25. The second-order valence-corrected chi connectivity index (χ2v) is 5.25. The topological polar surface area (TPSA) is 37.3 Å². The first-order valence-electron chi connectivity index (χ1n) is 5.83. The third-order valence-electron chi connectivity index (χ3n) is 3.59. The molecule has 0 radical (unpaired) electrons. The molecule has 1 aliphatic carbocycles.